The van der Waals surface area contributed by atoms with E-state index in [1.165, 1.54) is 16.0 Å². The Balaban J connectivity index is 2.18. The van der Waals surface area contributed by atoms with Gasteiger partial charge in [-0.2, -0.15) is 0 Å². The summed E-state index contributed by atoms with van der Waals surface area (Å²) in [7, 11) is 0. The summed E-state index contributed by atoms with van der Waals surface area (Å²) in [6, 6.07) is 8.46. The van der Waals surface area contributed by atoms with Crippen LogP contribution in [0.2, 0.25) is 0 Å². The molecule has 0 bridgehead atoms. The molecule has 2 N–H and O–H groups in total. The smallest absolute Gasteiger partial charge is 0.123 e. The maximum absolute atomic E-state index is 5.50. The Labute approximate surface area is 100 Å². The highest BCUT2D eigenvalue weighted by molar-refractivity contribution is 7.15. The first-order chi connectivity index (χ1) is 7.79. The number of hydrogen-bond donors (Lipinski definition) is 1. The molecule has 0 spiro atoms. The predicted octanol–water partition coefficient (Wildman–Crippen LogP) is 3.01. The molecule has 0 aliphatic carbocycles. The van der Waals surface area contributed by atoms with Crippen molar-refractivity contribution >= 4 is 11.3 Å². The van der Waals surface area contributed by atoms with Crippen molar-refractivity contribution in [3.63, 3.8) is 0 Å². The molecule has 0 amide bonds. The molecule has 0 saturated carbocycles. The van der Waals surface area contributed by atoms with E-state index in [9.17, 15) is 0 Å². The molecule has 0 saturated heterocycles. The Morgan fingerprint density at radius 1 is 1.38 bits per heavy atom. The lowest BCUT2D eigenvalue weighted by atomic mass is 10.1. The lowest BCUT2D eigenvalue weighted by Crippen LogP contribution is -1.99. The van der Waals surface area contributed by atoms with Crippen molar-refractivity contribution in [1.29, 1.82) is 0 Å². The molecule has 1 heterocycles. The second-order valence-corrected chi connectivity index (χ2v) is 5.01. The first-order valence-electron chi connectivity index (χ1n) is 5.51. The summed E-state index contributed by atoms with van der Waals surface area (Å²) in [6.07, 6.45) is 4.05. The average molecular weight is 232 g/mol. The fraction of sp³-hybridized carbons (Fsp3) is 0.308. The minimum absolute atomic E-state index is 0.748. The van der Waals surface area contributed by atoms with E-state index in [2.05, 4.69) is 36.2 Å². The van der Waals surface area contributed by atoms with E-state index in [-0.39, 0.29) is 0 Å². The van der Waals surface area contributed by atoms with Gasteiger partial charge in [-0.25, -0.2) is 4.98 Å². The van der Waals surface area contributed by atoms with Crippen LogP contribution in [0.4, 0.5) is 0 Å². The maximum Gasteiger partial charge on any atom is 0.123 e. The number of nitrogens with zero attached hydrogens (tertiary/aromatic N) is 1. The van der Waals surface area contributed by atoms with Crippen LogP contribution in [0, 0.1) is 6.92 Å². The largest absolute Gasteiger partial charge is 0.330 e. The van der Waals surface area contributed by atoms with E-state index in [4.69, 9.17) is 5.73 Å². The van der Waals surface area contributed by atoms with Gasteiger partial charge < -0.3 is 5.73 Å². The van der Waals surface area contributed by atoms with Crippen molar-refractivity contribution in [3.05, 3.63) is 40.9 Å². The van der Waals surface area contributed by atoms with Gasteiger partial charge in [0.25, 0.3) is 0 Å². The van der Waals surface area contributed by atoms with Gasteiger partial charge >= 0.3 is 0 Å². The average Bonchev–Trinajstić information content (AvgIpc) is 2.75. The van der Waals surface area contributed by atoms with Gasteiger partial charge in [-0.05, 0) is 32.4 Å². The first-order valence-corrected chi connectivity index (χ1v) is 6.33. The summed E-state index contributed by atoms with van der Waals surface area (Å²) in [5.74, 6) is 0. The van der Waals surface area contributed by atoms with Crippen LogP contribution in [0.5, 0.6) is 0 Å². The Hall–Kier alpha value is -1.19. The molecule has 2 nitrogen and oxygen atoms in total. The zero-order valence-electron chi connectivity index (χ0n) is 9.44. The third-order valence-corrected chi connectivity index (χ3v) is 3.55. The van der Waals surface area contributed by atoms with Crippen molar-refractivity contribution in [2.75, 3.05) is 6.54 Å². The monoisotopic (exact) mass is 232 g/mol. The van der Waals surface area contributed by atoms with Crippen molar-refractivity contribution in [2.24, 2.45) is 5.73 Å². The van der Waals surface area contributed by atoms with Crippen LogP contribution in [0.15, 0.2) is 30.5 Å². The lowest BCUT2D eigenvalue weighted by molar-refractivity contribution is 0.841. The molecule has 1 aromatic carbocycles. The third-order valence-electron chi connectivity index (χ3n) is 2.45. The SMILES string of the molecule is Cc1cccc(-c2ncc(CCCN)s2)c1. The van der Waals surface area contributed by atoms with Crippen LogP contribution >= 0.6 is 11.3 Å². The first kappa shape index (κ1) is 11.3. The molecule has 2 rings (SSSR count). The van der Waals surface area contributed by atoms with E-state index in [1.54, 1.807) is 11.3 Å². The molecule has 2 aromatic rings. The summed E-state index contributed by atoms with van der Waals surface area (Å²) >= 11 is 1.77. The standard InChI is InChI=1S/C13H16N2S/c1-10-4-2-5-11(8-10)13-15-9-12(16-13)6-3-7-14/h2,4-5,8-9H,3,6-7,14H2,1H3. The highest BCUT2D eigenvalue weighted by Crippen LogP contribution is 2.26. The summed E-state index contributed by atoms with van der Waals surface area (Å²) in [5.41, 5.74) is 7.98. The Morgan fingerprint density at radius 3 is 3.00 bits per heavy atom. The summed E-state index contributed by atoms with van der Waals surface area (Å²) < 4.78 is 0. The lowest BCUT2D eigenvalue weighted by Gasteiger charge is -1.97. The van der Waals surface area contributed by atoms with Crippen molar-refractivity contribution in [3.8, 4) is 10.6 Å². The summed E-state index contributed by atoms with van der Waals surface area (Å²) in [4.78, 5) is 5.78. The zero-order chi connectivity index (χ0) is 11.4. The molecule has 0 fully saturated rings. The van der Waals surface area contributed by atoms with Crippen molar-refractivity contribution in [1.82, 2.24) is 4.98 Å². The minimum Gasteiger partial charge on any atom is -0.330 e. The molecular weight excluding hydrogens is 216 g/mol. The zero-order valence-corrected chi connectivity index (χ0v) is 10.3. The summed E-state index contributed by atoms with van der Waals surface area (Å²) in [6.45, 7) is 2.85. The van der Waals surface area contributed by atoms with Crippen LogP contribution in [-0.2, 0) is 6.42 Å². The van der Waals surface area contributed by atoms with Crippen LogP contribution in [-0.4, -0.2) is 11.5 Å². The second-order valence-electron chi connectivity index (χ2n) is 3.89. The van der Waals surface area contributed by atoms with Gasteiger partial charge in [-0.1, -0.05) is 23.8 Å². The van der Waals surface area contributed by atoms with E-state index >= 15 is 0 Å². The van der Waals surface area contributed by atoms with Gasteiger partial charge in [0.15, 0.2) is 0 Å². The molecule has 0 unspecified atom stereocenters. The van der Waals surface area contributed by atoms with Crippen molar-refractivity contribution < 1.29 is 0 Å². The molecule has 0 atom stereocenters. The molecule has 0 radical (unpaired) electrons. The number of aryl methyl sites for hydroxylation is 2. The number of hydrogen-bond acceptors (Lipinski definition) is 3. The second kappa shape index (κ2) is 5.23. The number of rotatable bonds is 4. The number of benzene rings is 1. The molecular formula is C13H16N2S. The van der Waals surface area contributed by atoms with Gasteiger partial charge in [-0.15, -0.1) is 11.3 Å². The van der Waals surface area contributed by atoms with Gasteiger partial charge in [0, 0.05) is 16.6 Å². The number of nitrogens with two attached hydrogens (primary N) is 1. The molecule has 1 aromatic heterocycles. The van der Waals surface area contributed by atoms with Crippen LogP contribution in [0.3, 0.4) is 0 Å². The summed E-state index contributed by atoms with van der Waals surface area (Å²) in [5, 5.41) is 1.11. The van der Waals surface area contributed by atoms with E-state index in [0.29, 0.717) is 0 Å². The molecule has 3 heteroatoms. The van der Waals surface area contributed by atoms with E-state index < -0.39 is 0 Å². The predicted molar refractivity (Wildman–Crippen MR) is 69.7 cm³/mol. The van der Waals surface area contributed by atoms with Crippen LogP contribution in [0.1, 0.15) is 16.9 Å². The van der Waals surface area contributed by atoms with E-state index in [0.717, 1.165) is 24.4 Å². The van der Waals surface area contributed by atoms with E-state index in [1.807, 2.05) is 6.20 Å². The highest BCUT2D eigenvalue weighted by Gasteiger charge is 2.04. The maximum atomic E-state index is 5.50. The highest BCUT2D eigenvalue weighted by atomic mass is 32.1. The third kappa shape index (κ3) is 2.68. The van der Waals surface area contributed by atoms with Crippen molar-refractivity contribution in [2.45, 2.75) is 19.8 Å². The quantitative estimate of drug-likeness (QED) is 0.880. The van der Waals surface area contributed by atoms with Crippen LogP contribution < -0.4 is 5.73 Å². The van der Waals surface area contributed by atoms with Gasteiger partial charge in [-0.3, -0.25) is 0 Å². The Kier molecular flexibility index (Phi) is 3.70. The fourth-order valence-electron chi connectivity index (χ4n) is 1.61. The topological polar surface area (TPSA) is 38.9 Å². The van der Waals surface area contributed by atoms with Gasteiger partial charge in [0.05, 0.1) is 0 Å². The molecule has 84 valence electrons. The molecule has 0 aliphatic heterocycles. The van der Waals surface area contributed by atoms with Gasteiger partial charge in [0.1, 0.15) is 5.01 Å². The normalized spacial score (nSPS) is 10.6. The Bertz CT molecular complexity index is 462. The molecule has 0 aliphatic rings. The number of aromatic nitrogens is 1. The Morgan fingerprint density at radius 2 is 2.25 bits per heavy atom. The molecule has 16 heavy (non-hydrogen) atoms. The minimum atomic E-state index is 0.748. The fourth-order valence-corrected chi connectivity index (χ4v) is 2.56. The number of thiazole rings is 1. The van der Waals surface area contributed by atoms with Gasteiger partial charge in [0.2, 0.25) is 0 Å². The van der Waals surface area contributed by atoms with Crippen LogP contribution in [0.25, 0.3) is 10.6 Å².